The van der Waals surface area contributed by atoms with Crippen LogP contribution in [0.5, 0.6) is 0 Å². The molecule has 0 aromatic carbocycles. The van der Waals surface area contributed by atoms with Crippen LogP contribution < -0.4 is 4.90 Å². The third-order valence-corrected chi connectivity index (χ3v) is 4.88. The summed E-state index contributed by atoms with van der Waals surface area (Å²) in [5, 5.41) is 22.3. The van der Waals surface area contributed by atoms with Gasteiger partial charge in [-0.3, -0.25) is 4.90 Å². The quantitative estimate of drug-likeness (QED) is 0.867. The van der Waals surface area contributed by atoms with E-state index < -0.39 is 0 Å². The van der Waals surface area contributed by atoms with Gasteiger partial charge >= 0.3 is 0 Å². The van der Waals surface area contributed by atoms with E-state index in [0.717, 1.165) is 43.8 Å². The molecule has 2 atom stereocenters. The fraction of sp³-hybridized carbons (Fsp3) is 0.643. The van der Waals surface area contributed by atoms with Gasteiger partial charge in [0.15, 0.2) is 5.65 Å². The topological polar surface area (TPSA) is 69.8 Å². The third-order valence-electron chi connectivity index (χ3n) is 4.88. The molecule has 0 bridgehead atoms. The number of rotatable bonds is 3. The summed E-state index contributed by atoms with van der Waals surface area (Å²) in [6.45, 7) is 1.92. The van der Waals surface area contributed by atoms with Crippen LogP contribution in [0.15, 0.2) is 18.5 Å². The zero-order valence-electron chi connectivity index (χ0n) is 12.1. The number of hydrogen-bond donors (Lipinski definition) is 1. The van der Waals surface area contributed by atoms with E-state index in [1.54, 1.807) is 10.8 Å². The van der Waals surface area contributed by atoms with Crippen LogP contribution in [0.1, 0.15) is 19.3 Å². The van der Waals surface area contributed by atoms with Crippen LogP contribution in [0.25, 0.3) is 5.65 Å². The molecule has 1 N–H and O–H groups in total. The molecule has 2 aliphatic rings. The van der Waals surface area contributed by atoms with E-state index in [1.807, 2.05) is 12.1 Å². The summed E-state index contributed by atoms with van der Waals surface area (Å²) in [4.78, 5) is 4.60. The van der Waals surface area contributed by atoms with E-state index in [2.05, 4.69) is 32.1 Å². The molecule has 2 aromatic heterocycles. The van der Waals surface area contributed by atoms with Gasteiger partial charge in [0.2, 0.25) is 0 Å². The highest BCUT2D eigenvalue weighted by Crippen LogP contribution is 2.28. The van der Waals surface area contributed by atoms with Crippen molar-refractivity contribution < 1.29 is 5.11 Å². The van der Waals surface area contributed by atoms with Gasteiger partial charge in [-0.2, -0.15) is 4.52 Å². The highest BCUT2D eigenvalue weighted by atomic mass is 16.3. The fourth-order valence-corrected chi connectivity index (χ4v) is 3.45. The zero-order valence-corrected chi connectivity index (χ0v) is 12.1. The van der Waals surface area contributed by atoms with Gasteiger partial charge < -0.3 is 10.0 Å². The van der Waals surface area contributed by atoms with E-state index >= 15 is 0 Å². The molecule has 1 saturated heterocycles. The van der Waals surface area contributed by atoms with Crippen molar-refractivity contribution in [3.05, 3.63) is 18.5 Å². The molecule has 7 nitrogen and oxygen atoms in total. The molecular formula is C14H20N6O. The number of anilines is 1. The molecular weight excluding hydrogens is 268 g/mol. The first kappa shape index (κ1) is 13.0. The normalized spacial score (nSPS) is 26.7. The fourth-order valence-electron chi connectivity index (χ4n) is 3.45. The van der Waals surface area contributed by atoms with Crippen LogP contribution in [0.3, 0.4) is 0 Å². The second kappa shape index (κ2) is 4.92. The van der Waals surface area contributed by atoms with Crippen molar-refractivity contribution in [3.8, 4) is 0 Å². The smallest absolute Gasteiger partial charge is 0.177 e. The van der Waals surface area contributed by atoms with Gasteiger partial charge in [0.05, 0.1) is 6.10 Å². The highest BCUT2D eigenvalue weighted by Gasteiger charge is 2.38. The second-order valence-corrected chi connectivity index (χ2v) is 6.12. The summed E-state index contributed by atoms with van der Waals surface area (Å²) < 4.78 is 1.70. The van der Waals surface area contributed by atoms with E-state index in [0.29, 0.717) is 12.1 Å². The van der Waals surface area contributed by atoms with Gasteiger partial charge in [-0.15, -0.1) is 15.3 Å². The van der Waals surface area contributed by atoms with Crippen LogP contribution in [-0.2, 0) is 0 Å². The van der Waals surface area contributed by atoms with Crippen molar-refractivity contribution in [2.75, 3.05) is 25.0 Å². The molecule has 2 fully saturated rings. The van der Waals surface area contributed by atoms with E-state index in [1.165, 1.54) is 0 Å². The minimum absolute atomic E-state index is 0.157. The van der Waals surface area contributed by atoms with Crippen LogP contribution in [-0.4, -0.2) is 68.1 Å². The standard InChI is InChI=1S/C14H20N6O/c1-18(11-3-2-4-12(11)21)10-7-19(8-10)14-6-5-13-16-15-9-20(13)17-14/h5-6,9-12,21H,2-4,7-8H2,1H3. The number of nitrogens with zero attached hydrogens (tertiary/aromatic N) is 6. The number of hydrogen-bond acceptors (Lipinski definition) is 6. The Hall–Kier alpha value is -1.73. The Morgan fingerprint density at radius 3 is 2.90 bits per heavy atom. The van der Waals surface area contributed by atoms with Crippen molar-refractivity contribution >= 4 is 11.5 Å². The van der Waals surface area contributed by atoms with Gasteiger partial charge in [-0.25, -0.2) is 0 Å². The number of fused-ring (bicyclic) bond motifs is 1. The molecule has 112 valence electrons. The molecule has 0 amide bonds. The first-order chi connectivity index (χ1) is 10.2. The summed E-state index contributed by atoms with van der Waals surface area (Å²) in [7, 11) is 2.14. The lowest BCUT2D eigenvalue weighted by Crippen LogP contribution is -2.62. The van der Waals surface area contributed by atoms with Gasteiger partial charge in [0.1, 0.15) is 12.1 Å². The van der Waals surface area contributed by atoms with Gasteiger partial charge in [-0.1, -0.05) is 0 Å². The summed E-state index contributed by atoms with van der Waals surface area (Å²) in [5.41, 5.74) is 0.766. The number of aromatic nitrogens is 4. The molecule has 7 heteroatoms. The molecule has 2 aromatic rings. The summed E-state index contributed by atoms with van der Waals surface area (Å²) in [6.07, 6.45) is 4.65. The van der Waals surface area contributed by atoms with Crippen molar-refractivity contribution in [2.24, 2.45) is 0 Å². The number of aliphatic hydroxyl groups excluding tert-OH is 1. The lowest BCUT2D eigenvalue weighted by atomic mass is 10.0. The zero-order chi connectivity index (χ0) is 14.4. The molecule has 2 unspecified atom stereocenters. The van der Waals surface area contributed by atoms with Crippen LogP contribution >= 0.6 is 0 Å². The largest absolute Gasteiger partial charge is 0.391 e. The van der Waals surface area contributed by atoms with Crippen molar-refractivity contribution in [1.82, 2.24) is 24.7 Å². The number of aliphatic hydroxyl groups is 1. The van der Waals surface area contributed by atoms with Crippen LogP contribution in [0.2, 0.25) is 0 Å². The monoisotopic (exact) mass is 288 g/mol. The van der Waals surface area contributed by atoms with Gasteiger partial charge in [-0.05, 0) is 38.4 Å². The van der Waals surface area contributed by atoms with Gasteiger partial charge in [0.25, 0.3) is 0 Å². The summed E-state index contributed by atoms with van der Waals surface area (Å²) >= 11 is 0. The number of likely N-dealkylation sites (N-methyl/N-ethyl adjacent to an activating group) is 1. The molecule has 0 spiro atoms. The summed E-state index contributed by atoms with van der Waals surface area (Å²) in [5.74, 6) is 0.957. The van der Waals surface area contributed by atoms with E-state index in [4.69, 9.17) is 0 Å². The SMILES string of the molecule is CN(C1CN(c2ccc3nncn3n2)C1)C1CCCC1O. The molecule has 1 aliphatic heterocycles. The Morgan fingerprint density at radius 1 is 1.29 bits per heavy atom. The maximum absolute atomic E-state index is 10.0. The first-order valence-corrected chi connectivity index (χ1v) is 7.54. The van der Waals surface area contributed by atoms with Crippen LogP contribution in [0, 0.1) is 0 Å². The maximum Gasteiger partial charge on any atom is 0.177 e. The van der Waals surface area contributed by atoms with E-state index in [9.17, 15) is 5.11 Å². The Kier molecular flexibility index (Phi) is 3.04. The minimum atomic E-state index is -0.157. The van der Waals surface area contributed by atoms with Crippen LogP contribution in [0.4, 0.5) is 5.82 Å². The van der Waals surface area contributed by atoms with Crippen molar-refractivity contribution in [1.29, 1.82) is 0 Å². The molecule has 4 rings (SSSR count). The minimum Gasteiger partial charge on any atom is -0.391 e. The molecule has 3 heterocycles. The Bertz CT molecular complexity index is 637. The molecule has 1 saturated carbocycles. The maximum atomic E-state index is 10.0. The Labute approximate surface area is 123 Å². The predicted octanol–water partition coefficient (Wildman–Crippen LogP) is 0.158. The van der Waals surface area contributed by atoms with Crippen molar-refractivity contribution in [2.45, 2.75) is 37.5 Å². The Morgan fingerprint density at radius 2 is 2.14 bits per heavy atom. The van der Waals surface area contributed by atoms with E-state index in [-0.39, 0.29) is 6.10 Å². The van der Waals surface area contributed by atoms with Crippen molar-refractivity contribution in [3.63, 3.8) is 0 Å². The summed E-state index contributed by atoms with van der Waals surface area (Å²) in [6, 6.07) is 4.75. The second-order valence-electron chi connectivity index (χ2n) is 6.12. The average Bonchev–Trinajstić information content (AvgIpc) is 3.04. The molecule has 1 aliphatic carbocycles. The lowest BCUT2D eigenvalue weighted by molar-refractivity contribution is 0.0525. The van der Waals surface area contributed by atoms with Gasteiger partial charge in [0, 0.05) is 25.2 Å². The predicted molar refractivity (Wildman–Crippen MR) is 78.2 cm³/mol. The lowest BCUT2D eigenvalue weighted by Gasteiger charge is -2.47. The average molecular weight is 288 g/mol. The third kappa shape index (κ3) is 2.16. The molecule has 21 heavy (non-hydrogen) atoms. The first-order valence-electron chi connectivity index (χ1n) is 7.54. The highest BCUT2D eigenvalue weighted by molar-refractivity contribution is 5.47. The molecule has 0 radical (unpaired) electrons. The Balaban J connectivity index is 1.42.